The van der Waals surface area contributed by atoms with Gasteiger partial charge in [0.05, 0.1) is 6.20 Å². The van der Waals surface area contributed by atoms with Gasteiger partial charge in [-0.1, -0.05) is 0 Å². The van der Waals surface area contributed by atoms with E-state index in [1.54, 1.807) is 18.5 Å². The number of likely N-dealkylation sites (tertiary alicyclic amines) is 1. The monoisotopic (exact) mass is 397 g/mol. The SMILES string of the molecule is CC1(OC(=O)N2CCC3(CC2)CC3CNC(=O)c2cc3ccncc3o2)CCC1. The summed E-state index contributed by atoms with van der Waals surface area (Å²) >= 11 is 0. The van der Waals surface area contributed by atoms with Crippen LogP contribution in [0.2, 0.25) is 0 Å². The van der Waals surface area contributed by atoms with Crippen molar-refractivity contribution >= 4 is 23.0 Å². The van der Waals surface area contributed by atoms with E-state index in [0.717, 1.165) is 57.0 Å². The number of carbonyl (C=O) groups excluding carboxylic acids is 2. The molecule has 0 bridgehead atoms. The molecule has 1 aliphatic heterocycles. The highest BCUT2D eigenvalue weighted by atomic mass is 16.6. The number of nitrogens with one attached hydrogen (secondary N) is 1. The molecule has 3 heterocycles. The second-order valence-corrected chi connectivity index (χ2v) is 9.16. The predicted molar refractivity (Wildman–Crippen MR) is 106 cm³/mol. The van der Waals surface area contributed by atoms with E-state index in [0.29, 0.717) is 23.8 Å². The van der Waals surface area contributed by atoms with E-state index in [1.165, 1.54) is 0 Å². The van der Waals surface area contributed by atoms with E-state index in [4.69, 9.17) is 9.15 Å². The summed E-state index contributed by atoms with van der Waals surface area (Å²) in [5.74, 6) is 0.613. The Hall–Kier alpha value is -2.57. The number of aromatic nitrogens is 1. The van der Waals surface area contributed by atoms with Crippen molar-refractivity contribution < 1.29 is 18.7 Å². The summed E-state index contributed by atoms with van der Waals surface area (Å²) in [5, 5.41) is 3.89. The van der Waals surface area contributed by atoms with Crippen LogP contribution in [0.25, 0.3) is 11.0 Å². The van der Waals surface area contributed by atoms with Gasteiger partial charge in [-0.2, -0.15) is 0 Å². The number of amides is 2. The molecular formula is C22H27N3O4. The van der Waals surface area contributed by atoms with E-state index in [1.807, 2.05) is 17.9 Å². The molecule has 2 aromatic rings. The Morgan fingerprint density at radius 3 is 2.79 bits per heavy atom. The van der Waals surface area contributed by atoms with Gasteiger partial charge in [-0.25, -0.2) is 4.79 Å². The number of nitrogens with zero attached hydrogens (tertiary/aromatic N) is 2. The van der Waals surface area contributed by atoms with Crippen LogP contribution in [0.15, 0.2) is 28.9 Å². The van der Waals surface area contributed by atoms with Crippen molar-refractivity contribution in [3.63, 3.8) is 0 Å². The average molecular weight is 397 g/mol. The van der Waals surface area contributed by atoms with Gasteiger partial charge in [0.25, 0.3) is 5.91 Å². The highest BCUT2D eigenvalue weighted by Crippen LogP contribution is 2.59. The van der Waals surface area contributed by atoms with E-state index in [9.17, 15) is 9.59 Å². The zero-order valence-electron chi connectivity index (χ0n) is 16.8. The minimum Gasteiger partial charge on any atom is -0.449 e. The molecule has 7 nitrogen and oxygen atoms in total. The predicted octanol–water partition coefficient (Wildman–Crippen LogP) is 3.74. The number of ether oxygens (including phenoxy) is 1. The van der Waals surface area contributed by atoms with Gasteiger partial charge in [0.15, 0.2) is 11.3 Å². The summed E-state index contributed by atoms with van der Waals surface area (Å²) in [6, 6.07) is 3.58. The summed E-state index contributed by atoms with van der Waals surface area (Å²) in [5.41, 5.74) is 0.642. The van der Waals surface area contributed by atoms with Crippen molar-refractivity contribution in [1.82, 2.24) is 15.2 Å². The van der Waals surface area contributed by atoms with Crippen molar-refractivity contribution in [3.05, 3.63) is 30.3 Å². The first-order valence-corrected chi connectivity index (χ1v) is 10.6. The number of furan rings is 1. The van der Waals surface area contributed by atoms with Crippen LogP contribution in [-0.4, -0.2) is 47.1 Å². The van der Waals surface area contributed by atoms with Crippen LogP contribution >= 0.6 is 0 Å². The molecule has 1 atom stereocenters. The van der Waals surface area contributed by atoms with Gasteiger partial charge in [-0.15, -0.1) is 0 Å². The van der Waals surface area contributed by atoms with Crippen molar-refractivity contribution in [3.8, 4) is 0 Å². The Balaban J connectivity index is 1.10. The highest BCUT2D eigenvalue weighted by molar-refractivity contribution is 5.95. The third kappa shape index (κ3) is 3.47. The van der Waals surface area contributed by atoms with Crippen LogP contribution in [0.5, 0.6) is 0 Å². The van der Waals surface area contributed by atoms with Gasteiger partial charge in [0.2, 0.25) is 0 Å². The summed E-state index contributed by atoms with van der Waals surface area (Å²) in [6.07, 6.45) is 9.30. The molecule has 2 aromatic heterocycles. The Labute approximate surface area is 169 Å². The van der Waals surface area contributed by atoms with Gasteiger partial charge >= 0.3 is 6.09 Å². The van der Waals surface area contributed by atoms with E-state index in [-0.39, 0.29) is 23.0 Å². The number of hydrogen-bond acceptors (Lipinski definition) is 5. The number of pyridine rings is 1. The highest BCUT2D eigenvalue weighted by Gasteiger charge is 2.55. The van der Waals surface area contributed by atoms with Crippen LogP contribution in [0, 0.1) is 11.3 Å². The minimum atomic E-state index is -0.245. The molecule has 2 saturated carbocycles. The van der Waals surface area contributed by atoms with E-state index < -0.39 is 0 Å². The lowest BCUT2D eigenvalue weighted by atomic mass is 9.82. The lowest BCUT2D eigenvalue weighted by Gasteiger charge is -2.40. The second-order valence-electron chi connectivity index (χ2n) is 9.16. The molecule has 1 saturated heterocycles. The Kier molecular flexibility index (Phi) is 4.29. The zero-order chi connectivity index (χ0) is 20.1. The molecule has 0 aromatic carbocycles. The molecule has 0 radical (unpaired) electrons. The summed E-state index contributed by atoms with van der Waals surface area (Å²) < 4.78 is 11.3. The third-order valence-electron chi connectivity index (χ3n) is 7.18. The first-order valence-electron chi connectivity index (χ1n) is 10.6. The topological polar surface area (TPSA) is 84.7 Å². The van der Waals surface area contributed by atoms with Crippen LogP contribution in [0.1, 0.15) is 56.0 Å². The molecule has 154 valence electrons. The molecule has 5 rings (SSSR count). The number of piperidine rings is 1. The fourth-order valence-corrected chi connectivity index (χ4v) is 4.82. The third-order valence-corrected chi connectivity index (χ3v) is 7.18. The van der Waals surface area contributed by atoms with Gasteiger partial charge < -0.3 is 19.4 Å². The maximum Gasteiger partial charge on any atom is 0.410 e. The number of rotatable bonds is 4. The van der Waals surface area contributed by atoms with Crippen LogP contribution < -0.4 is 5.32 Å². The maximum absolute atomic E-state index is 12.4. The largest absolute Gasteiger partial charge is 0.449 e. The summed E-state index contributed by atoms with van der Waals surface area (Å²) in [6.45, 7) is 4.17. The van der Waals surface area contributed by atoms with Crippen molar-refractivity contribution in [1.29, 1.82) is 0 Å². The lowest BCUT2D eigenvalue weighted by Crippen LogP contribution is -2.46. The molecule has 7 heteroatoms. The average Bonchev–Trinajstić information content (AvgIpc) is 3.17. The van der Waals surface area contributed by atoms with Gasteiger partial charge in [-0.3, -0.25) is 9.78 Å². The van der Waals surface area contributed by atoms with Crippen LogP contribution in [0.4, 0.5) is 4.79 Å². The molecule has 2 aliphatic carbocycles. The van der Waals surface area contributed by atoms with E-state index in [2.05, 4.69) is 10.3 Å². The molecule has 2 amide bonds. The molecule has 1 unspecified atom stereocenters. The summed E-state index contributed by atoms with van der Waals surface area (Å²) in [7, 11) is 0. The van der Waals surface area contributed by atoms with Crippen molar-refractivity contribution in [2.24, 2.45) is 11.3 Å². The number of carbonyl (C=O) groups is 2. The zero-order valence-corrected chi connectivity index (χ0v) is 16.8. The van der Waals surface area contributed by atoms with E-state index >= 15 is 0 Å². The fraction of sp³-hybridized carbons (Fsp3) is 0.591. The molecule has 1 N–H and O–H groups in total. The first-order chi connectivity index (χ1) is 14.0. The van der Waals surface area contributed by atoms with Crippen molar-refractivity contribution in [2.45, 2.75) is 51.0 Å². The summed E-state index contributed by atoms with van der Waals surface area (Å²) in [4.78, 5) is 30.7. The van der Waals surface area contributed by atoms with Gasteiger partial charge in [-0.05, 0) is 68.9 Å². The lowest BCUT2D eigenvalue weighted by molar-refractivity contribution is -0.0511. The second kappa shape index (κ2) is 6.75. The number of fused-ring (bicyclic) bond motifs is 1. The maximum atomic E-state index is 12.4. The van der Waals surface area contributed by atoms with Gasteiger partial charge in [0, 0.05) is 31.2 Å². The number of hydrogen-bond donors (Lipinski definition) is 1. The standard InChI is InChI=1S/C22H27N3O4/c1-21(4-2-5-21)29-20(27)25-9-6-22(7-10-25)12-16(22)13-24-19(26)17-11-15-3-8-23-14-18(15)28-17/h3,8,11,14,16H,2,4-7,9-10,12-13H2,1H3,(H,24,26). The van der Waals surface area contributed by atoms with Gasteiger partial charge in [0.1, 0.15) is 5.60 Å². The molecule has 3 fully saturated rings. The normalized spacial score (nSPS) is 24.2. The van der Waals surface area contributed by atoms with Crippen molar-refractivity contribution in [2.75, 3.05) is 19.6 Å². The minimum absolute atomic E-state index is 0.160. The molecule has 3 aliphatic rings. The smallest absolute Gasteiger partial charge is 0.410 e. The molecule has 1 spiro atoms. The van der Waals surface area contributed by atoms with Crippen LogP contribution in [-0.2, 0) is 4.74 Å². The quantitative estimate of drug-likeness (QED) is 0.850. The first kappa shape index (κ1) is 18.5. The van der Waals surface area contributed by atoms with Crippen LogP contribution in [0.3, 0.4) is 0 Å². The fourth-order valence-electron chi connectivity index (χ4n) is 4.82. The Bertz CT molecular complexity index is 907. The molecular weight excluding hydrogens is 370 g/mol. The molecule has 29 heavy (non-hydrogen) atoms. The Morgan fingerprint density at radius 1 is 1.31 bits per heavy atom. The Morgan fingerprint density at radius 2 is 2.10 bits per heavy atom.